The first kappa shape index (κ1) is 19.3. The number of fused-ring (bicyclic) bond motifs is 1. The van der Waals surface area contributed by atoms with Crippen molar-refractivity contribution in [2.45, 2.75) is 0 Å². The molecular weight excluding hydrogens is 340 g/mol. The lowest BCUT2D eigenvalue weighted by Crippen LogP contribution is -2.10. The van der Waals surface area contributed by atoms with Gasteiger partial charge in [-0.15, -0.1) is 0 Å². The maximum Gasteiger partial charge on any atom is 0.147 e. The fourth-order valence-electron chi connectivity index (χ4n) is 2.28. The van der Waals surface area contributed by atoms with E-state index < -0.39 is 0 Å². The van der Waals surface area contributed by atoms with Crippen LogP contribution in [-0.2, 0) is 0 Å². The van der Waals surface area contributed by atoms with Gasteiger partial charge in [0.05, 0.1) is 5.69 Å². The van der Waals surface area contributed by atoms with Gasteiger partial charge < -0.3 is 34.1 Å². The molecule has 2 aromatic carbocycles. The van der Waals surface area contributed by atoms with E-state index in [4.69, 9.17) is 39.5 Å². The largest absolute Gasteiger partial charge is 0.399 e. The van der Waals surface area contributed by atoms with E-state index in [-0.39, 0.29) is 5.84 Å². The molecule has 0 amide bonds. The molecule has 0 fully saturated rings. The van der Waals surface area contributed by atoms with E-state index in [1.807, 2.05) is 18.2 Å². The van der Waals surface area contributed by atoms with Crippen LogP contribution in [0.15, 0.2) is 54.7 Å². The Labute approximate surface area is 156 Å². The molecule has 0 aliphatic heterocycles. The van der Waals surface area contributed by atoms with Crippen molar-refractivity contribution in [1.82, 2.24) is 4.98 Å². The highest BCUT2D eigenvalue weighted by molar-refractivity contribution is 5.98. The second-order valence-corrected chi connectivity index (χ2v) is 5.68. The summed E-state index contributed by atoms with van der Waals surface area (Å²) in [6.45, 7) is 0. The van der Waals surface area contributed by atoms with Crippen LogP contribution in [-0.4, -0.2) is 17.0 Å². The number of rotatable bonds is 3. The van der Waals surface area contributed by atoms with Crippen molar-refractivity contribution in [3.05, 3.63) is 65.9 Å². The van der Waals surface area contributed by atoms with Gasteiger partial charge >= 0.3 is 0 Å². The Hall–Kier alpha value is -4.07. The van der Waals surface area contributed by atoms with Crippen molar-refractivity contribution >= 4 is 45.7 Å². The number of allylic oxidation sites excluding steroid dienone is 1. The second kappa shape index (κ2) is 8.34. The lowest BCUT2D eigenvalue weighted by Gasteiger charge is -2.07. The topological polar surface area (TPSA) is 191 Å². The molecule has 1 heterocycles. The van der Waals surface area contributed by atoms with Crippen LogP contribution in [0.4, 0.5) is 17.2 Å². The predicted molar refractivity (Wildman–Crippen MR) is 113 cm³/mol. The second-order valence-electron chi connectivity index (χ2n) is 5.68. The smallest absolute Gasteiger partial charge is 0.147 e. The minimum absolute atomic E-state index is 0.0694. The number of pyridine rings is 1. The Balaban J connectivity index is 0.000000223. The van der Waals surface area contributed by atoms with Crippen LogP contribution < -0.4 is 28.7 Å². The third-order valence-corrected chi connectivity index (χ3v) is 3.78. The summed E-state index contributed by atoms with van der Waals surface area (Å²) < 4.78 is 0. The average Bonchev–Trinajstić information content (AvgIpc) is 2.65. The van der Waals surface area contributed by atoms with Gasteiger partial charge in [-0.05, 0) is 42.0 Å². The molecule has 27 heavy (non-hydrogen) atoms. The standard InChI is InChI=1S/C12H13N5.C7H9N3/c13-4-3-10(14)7-1-2-8-6-17-12(16)11(15)9(8)5-7;8-6-3-1-5(2-4-6)7(9)10/h1-6,13H,14-15H2,(H2,16,17);1-4H,8H2,(H3,9,10)/b10-3-,13-4?;. The number of nitrogen functional groups attached to an aromatic ring is 4. The summed E-state index contributed by atoms with van der Waals surface area (Å²) in [7, 11) is 0. The van der Waals surface area contributed by atoms with Crippen molar-refractivity contribution in [3.8, 4) is 0 Å². The molecule has 8 nitrogen and oxygen atoms in total. The molecule has 0 saturated carbocycles. The summed E-state index contributed by atoms with van der Waals surface area (Å²) in [4.78, 5) is 3.99. The van der Waals surface area contributed by atoms with E-state index in [2.05, 4.69) is 4.98 Å². The number of amidine groups is 1. The Morgan fingerprint density at radius 3 is 2.15 bits per heavy atom. The van der Waals surface area contributed by atoms with Crippen molar-refractivity contribution in [1.29, 1.82) is 10.8 Å². The van der Waals surface area contributed by atoms with E-state index in [0.29, 0.717) is 28.5 Å². The number of hydrogen-bond donors (Lipinski definition) is 7. The minimum Gasteiger partial charge on any atom is -0.399 e. The first-order valence-electron chi connectivity index (χ1n) is 7.93. The molecule has 1 aromatic heterocycles. The van der Waals surface area contributed by atoms with Crippen LogP contribution in [0.25, 0.3) is 16.5 Å². The van der Waals surface area contributed by atoms with Crippen LogP contribution in [0.2, 0.25) is 0 Å². The van der Waals surface area contributed by atoms with E-state index in [0.717, 1.165) is 22.6 Å². The number of aromatic nitrogens is 1. The molecule has 0 bridgehead atoms. The number of nitrogens with one attached hydrogen (secondary N) is 2. The zero-order valence-electron chi connectivity index (χ0n) is 14.6. The lowest BCUT2D eigenvalue weighted by atomic mass is 10.1. The minimum atomic E-state index is 0.0694. The van der Waals surface area contributed by atoms with Crippen molar-refractivity contribution in [2.75, 3.05) is 17.2 Å². The summed E-state index contributed by atoms with van der Waals surface area (Å²) in [5.74, 6) is 0.379. The summed E-state index contributed by atoms with van der Waals surface area (Å²) in [6.07, 6.45) is 4.33. The molecule has 0 aliphatic carbocycles. The fourth-order valence-corrected chi connectivity index (χ4v) is 2.28. The van der Waals surface area contributed by atoms with Crippen molar-refractivity contribution < 1.29 is 0 Å². The van der Waals surface area contributed by atoms with Crippen LogP contribution in [0, 0.1) is 10.8 Å². The van der Waals surface area contributed by atoms with Crippen LogP contribution in [0.1, 0.15) is 11.1 Å². The maximum absolute atomic E-state index is 7.04. The number of nitrogens with two attached hydrogens (primary N) is 5. The average molecular weight is 362 g/mol. The Bertz CT molecular complexity index is 1010. The summed E-state index contributed by atoms with van der Waals surface area (Å²) in [6, 6.07) is 12.5. The van der Waals surface area contributed by atoms with Gasteiger partial charge in [-0.3, -0.25) is 5.41 Å². The van der Waals surface area contributed by atoms with Crippen LogP contribution in [0.3, 0.4) is 0 Å². The van der Waals surface area contributed by atoms with E-state index >= 15 is 0 Å². The molecule has 0 atom stereocenters. The predicted octanol–water partition coefficient (Wildman–Crippen LogP) is 1.90. The third-order valence-electron chi connectivity index (χ3n) is 3.78. The van der Waals surface area contributed by atoms with Gasteiger partial charge in [0.2, 0.25) is 0 Å². The molecule has 3 rings (SSSR count). The molecule has 8 heteroatoms. The zero-order valence-corrected chi connectivity index (χ0v) is 14.6. The third kappa shape index (κ3) is 4.73. The monoisotopic (exact) mass is 362 g/mol. The molecule has 0 saturated heterocycles. The summed E-state index contributed by atoms with van der Waals surface area (Å²) in [5, 5.41) is 15.8. The molecule has 0 unspecified atom stereocenters. The van der Waals surface area contributed by atoms with Gasteiger partial charge in [-0.1, -0.05) is 12.1 Å². The van der Waals surface area contributed by atoms with Gasteiger partial charge in [0.1, 0.15) is 11.7 Å². The highest BCUT2D eigenvalue weighted by Gasteiger charge is 2.05. The molecule has 0 aliphatic rings. The maximum atomic E-state index is 7.04. The zero-order chi connectivity index (χ0) is 20.0. The van der Waals surface area contributed by atoms with Crippen LogP contribution in [0.5, 0.6) is 0 Å². The fraction of sp³-hybridized carbons (Fsp3) is 0. The number of benzene rings is 2. The van der Waals surface area contributed by atoms with E-state index in [9.17, 15) is 0 Å². The SMILES string of the molecule is N=C(N)c1ccc(N)cc1.N=C/C=C(\N)c1ccc2cnc(N)c(N)c2c1. The normalized spacial score (nSPS) is 10.7. The van der Waals surface area contributed by atoms with Gasteiger partial charge in [-0.2, -0.15) is 0 Å². The Morgan fingerprint density at radius 1 is 0.926 bits per heavy atom. The van der Waals surface area contributed by atoms with Crippen molar-refractivity contribution in [3.63, 3.8) is 0 Å². The lowest BCUT2D eigenvalue weighted by molar-refractivity contribution is 1.37. The van der Waals surface area contributed by atoms with E-state index in [1.165, 1.54) is 6.08 Å². The van der Waals surface area contributed by atoms with Gasteiger partial charge in [0.15, 0.2) is 0 Å². The highest BCUT2D eigenvalue weighted by atomic mass is 14.9. The van der Waals surface area contributed by atoms with Gasteiger partial charge in [0, 0.05) is 40.1 Å². The summed E-state index contributed by atoms with van der Waals surface area (Å²) in [5.41, 5.74) is 31.1. The van der Waals surface area contributed by atoms with Crippen molar-refractivity contribution in [2.24, 2.45) is 11.5 Å². The Kier molecular flexibility index (Phi) is 5.95. The quantitative estimate of drug-likeness (QED) is 0.211. The Morgan fingerprint density at radius 2 is 1.56 bits per heavy atom. The first-order valence-corrected chi connectivity index (χ1v) is 7.93. The molecule has 3 aromatic rings. The first-order chi connectivity index (χ1) is 12.8. The van der Waals surface area contributed by atoms with Crippen LogP contribution >= 0.6 is 0 Å². The number of hydrogen-bond acceptors (Lipinski definition) is 7. The summed E-state index contributed by atoms with van der Waals surface area (Å²) >= 11 is 0. The molecule has 0 spiro atoms. The van der Waals surface area contributed by atoms with Gasteiger partial charge in [0.25, 0.3) is 0 Å². The molecule has 0 radical (unpaired) electrons. The molecular formula is C19H22N8. The van der Waals surface area contributed by atoms with Gasteiger partial charge in [-0.25, -0.2) is 4.98 Å². The molecule has 138 valence electrons. The molecule has 12 N–H and O–H groups in total. The number of anilines is 3. The number of nitrogens with zero attached hydrogens (tertiary/aromatic N) is 1. The van der Waals surface area contributed by atoms with E-state index in [1.54, 1.807) is 30.5 Å². The highest BCUT2D eigenvalue weighted by Crippen LogP contribution is 2.26.